The molecule has 3 nitrogen and oxygen atoms in total. The predicted octanol–water partition coefficient (Wildman–Crippen LogP) is 2.29. The Morgan fingerprint density at radius 3 is 3.00 bits per heavy atom. The van der Waals surface area contributed by atoms with Gasteiger partial charge in [0, 0.05) is 19.9 Å². The minimum atomic E-state index is 0.576. The molecule has 0 fully saturated rings. The fourth-order valence-corrected chi connectivity index (χ4v) is 1.43. The number of hydrogen-bond acceptors (Lipinski definition) is 3. The average Bonchev–Trinajstić information content (AvgIpc) is 2.18. The Morgan fingerprint density at radius 2 is 2.29 bits per heavy atom. The molecule has 0 saturated carbocycles. The van der Waals surface area contributed by atoms with E-state index in [1.165, 1.54) is 0 Å². The summed E-state index contributed by atoms with van der Waals surface area (Å²) in [6.45, 7) is 0.786. The van der Waals surface area contributed by atoms with E-state index in [2.05, 4.69) is 4.98 Å². The largest absolute Gasteiger partial charge is 0.385 e. The quantitative estimate of drug-likeness (QED) is 0.766. The number of anilines is 1. The first kappa shape index (κ1) is 11.3. The highest BCUT2D eigenvalue weighted by Crippen LogP contribution is 2.16. The summed E-state index contributed by atoms with van der Waals surface area (Å²) in [5.41, 5.74) is 6.73. The van der Waals surface area contributed by atoms with Gasteiger partial charge >= 0.3 is 0 Å². The first-order valence-corrected chi connectivity index (χ1v) is 5.00. The molecule has 78 valence electrons. The number of methoxy groups -OCH3 is 1. The highest BCUT2D eigenvalue weighted by atomic mass is 35.5. The van der Waals surface area contributed by atoms with Crippen molar-refractivity contribution in [1.82, 2.24) is 4.98 Å². The lowest BCUT2D eigenvalue weighted by Crippen LogP contribution is -1.98. The molecule has 4 heteroatoms. The van der Waals surface area contributed by atoms with Crippen LogP contribution < -0.4 is 5.73 Å². The standard InChI is InChI=1S/C10H15ClN2O/c1-14-5-3-2-4-8-6-9(11)7-13-10(8)12/h6-7H,2-5H2,1H3,(H2,12,13). The second-order valence-corrected chi connectivity index (χ2v) is 3.58. The summed E-state index contributed by atoms with van der Waals surface area (Å²) in [4.78, 5) is 3.99. The highest BCUT2D eigenvalue weighted by Gasteiger charge is 2.01. The van der Waals surface area contributed by atoms with E-state index in [0.29, 0.717) is 10.8 Å². The Kier molecular flexibility index (Phi) is 4.70. The van der Waals surface area contributed by atoms with Crippen molar-refractivity contribution in [3.63, 3.8) is 0 Å². The number of aryl methyl sites for hydroxylation is 1. The second-order valence-electron chi connectivity index (χ2n) is 3.15. The zero-order chi connectivity index (χ0) is 10.4. The summed E-state index contributed by atoms with van der Waals surface area (Å²) in [6.07, 6.45) is 4.54. The Hall–Kier alpha value is -0.800. The van der Waals surface area contributed by atoms with E-state index in [9.17, 15) is 0 Å². The van der Waals surface area contributed by atoms with Crippen molar-refractivity contribution in [1.29, 1.82) is 0 Å². The number of unbranched alkanes of at least 4 members (excludes halogenated alkanes) is 1. The van der Waals surface area contributed by atoms with Gasteiger partial charge in [-0.05, 0) is 30.9 Å². The van der Waals surface area contributed by atoms with Crippen molar-refractivity contribution in [3.8, 4) is 0 Å². The van der Waals surface area contributed by atoms with Crippen LogP contribution in [0.15, 0.2) is 12.3 Å². The number of pyridine rings is 1. The maximum absolute atomic E-state index is 5.81. The molecule has 0 aliphatic rings. The van der Waals surface area contributed by atoms with Crippen LogP contribution >= 0.6 is 11.6 Å². The molecule has 0 aliphatic carbocycles. The van der Waals surface area contributed by atoms with E-state index < -0.39 is 0 Å². The lowest BCUT2D eigenvalue weighted by molar-refractivity contribution is 0.193. The molecule has 14 heavy (non-hydrogen) atoms. The van der Waals surface area contributed by atoms with Gasteiger partial charge in [-0.3, -0.25) is 0 Å². The summed E-state index contributed by atoms with van der Waals surface area (Å²) >= 11 is 5.81. The summed E-state index contributed by atoms with van der Waals surface area (Å²) in [5, 5.41) is 0.640. The van der Waals surface area contributed by atoms with Crippen molar-refractivity contribution in [3.05, 3.63) is 22.8 Å². The van der Waals surface area contributed by atoms with Gasteiger partial charge in [0.05, 0.1) is 5.02 Å². The third-order valence-corrected chi connectivity index (χ3v) is 2.22. The lowest BCUT2D eigenvalue weighted by Gasteiger charge is -2.04. The summed E-state index contributed by atoms with van der Waals surface area (Å²) in [7, 11) is 1.70. The molecule has 0 aliphatic heterocycles. The smallest absolute Gasteiger partial charge is 0.126 e. The van der Waals surface area contributed by atoms with Crippen LogP contribution in [0, 0.1) is 0 Å². The number of halogens is 1. The van der Waals surface area contributed by atoms with Crippen LogP contribution in [0.5, 0.6) is 0 Å². The van der Waals surface area contributed by atoms with Crippen LogP contribution in [0.3, 0.4) is 0 Å². The van der Waals surface area contributed by atoms with E-state index in [0.717, 1.165) is 31.4 Å². The Labute approximate surface area is 89.2 Å². The molecule has 0 radical (unpaired) electrons. The van der Waals surface area contributed by atoms with Gasteiger partial charge in [-0.1, -0.05) is 11.6 Å². The number of nitrogens with zero attached hydrogens (tertiary/aromatic N) is 1. The van der Waals surface area contributed by atoms with E-state index in [4.69, 9.17) is 22.1 Å². The number of ether oxygens (including phenoxy) is 1. The fourth-order valence-electron chi connectivity index (χ4n) is 1.25. The maximum atomic E-state index is 5.81. The molecule has 1 aromatic heterocycles. The zero-order valence-electron chi connectivity index (χ0n) is 8.29. The Balaban J connectivity index is 2.45. The van der Waals surface area contributed by atoms with Gasteiger partial charge < -0.3 is 10.5 Å². The van der Waals surface area contributed by atoms with Crippen molar-refractivity contribution in [2.45, 2.75) is 19.3 Å². The third-order valence-electron chi connectivity index (χ3n) is 2.01. The van der Waals surface area contributed by atoms with E-state index in [1.54, 1.807) is 13.3 Å². The molecule has 1 aromatic rings. The van der Waals surface area contributed by atoms with Crippen LogP contribution in [-0.2, 0) is 11.2 Å². The van der Waals surface area contributed by atoms with Crippen molar-refractivity contribution < 1.29 is 4.74 Å². The van der Waals surface area contributed by atoms with E-state index >= 15 is 0 Å². The molecule has 0 bridgehead atoms. The summed E-state index contributed by atoms with van der Waals surface area (Å²) < 4.78 is 4.96. The fraction of sp³-hybridized carbons (Fsp3) is 0.500. The molecule has 0 aromatic carbocycles. The SMILES string of the molecule is COCCCCc1cc(Cl)cnc1N. The predicted molar refractivity (Wildman–Crippen MR) is 58.5 cm³/mol. The van der Waals surface area contributed by atoms with Crippen molar-refractivity contribution >= 4 is 17.4 Å². The lowest BCUT2D eigenvalue weighted by atomic mass is 10.1. The van der Waals surface area contributed by atoms with Gasteiger partial charge in [0.25, 0.3) is 0 Å². The number of nitrogens with two attached hydrogens (primary N) is 1. The third kappa shape index (κ3) is 3.52. The van der Waals surface area contributed by atoms with Crippen LogP contribution in [0.4, 0.5) is 5.82 Å². The van der Waals surface area contributed by atoms with E-state index in [1.807, 2.05) is 6.07 Å². The van der Waals surface area contributed by atoms with Gasteiger partial charge in [0.2, 0.25) is 0 Å². The van der Waals surface area contributed by atoms with Gasteiger partial charge in [-0.2, -0.15) is 0 Å². The van der Waals surface area contributed by atoms with Crippen LogP contribution in [-0.4, -0.2) is 18.7 Å². The molecule has 1 rings (SSSR count). The molecule has 0 unspecified atom stereocenters. The number of rotatable bonds is 5. The number of nitrogen functional groups attached to an aromatic ring is 1. The molecule has 0 amide bonds. The summed E-state index contributed by atoms with van der Waals surface area (Å²) in [5.74, 6) is 0.576. The van der Waals surface area contributed by atoms with Gasteiger partial charge in [0.15, 0.2) is 0 Å². The zero-order valence-corrected chi connectivity index (χ0v) is 9.05. The first-order valence-electron chi connectivity index (χ1n) is 4.63. The van der Waals surface area contributed by atoms with Crippen LogP contribution in [0.1, 0.15) is 18.4 Å². The minimum Gasteiger partial charge on any atom is -0.385 e. The highest BCUT2D eigenvalue weighted by molar-refractivity contribution is 6.30. The molecule has 0 atom stereocenters. The van der Waals surface area contributed by atoms with Gasteiger partial charge in [0.1, 0.15) is 5.82 Å². The number of aromatic nitrogens is 1. The molecular formula is C10H15ClN2O. The van der Waals surface area contributed by atoms with Crippen LogP contribution in [0.25, 0.3) is 0 Å². The topological polar surface area (TPSA) is 48.1 Å². The molecular weight excluding hydrogens is 200 g/mol. The molecule has 2 N–H and O–H groups in total. The normalized spacial score (nSPS) is 10.4. The van der Waals surface area contributed by atoms with Crippen LogP contribution in [0.2, 0.25) is 5.02 Å². The second kappa shape index (κ2) is 5.83. The molecule has 1 heterocycles. The van der Waals surface area contributed by atoms with Crippen molar-refractivity contribution in [2.24, 2.45) is 0 Å². The number of hydrogen-bond donors (Lipinski definition) is 1. The molecule has 0 saturated heterocycles. The molecule has 0 spiro atoms. The van der Waals surface area contributed by atoms with Crippen molar-refractivity contribution in [2.75, 3.05) is 19.5 Å². The maximum Gasteiger partial charge on any atom is 0.126 e. The van der Waals surface area contributed by atoms with Gasteiger partial charge in [-0.15, -0.1) is 0 Å². The first-order chi connectivity index (χ1) is 6.74. The Morgan fingerprint density at radius 1 is 1.50 bits per heavy atom. The van der Waals surface area contributed by atoms with Gasteiger partial charge in [-0.25, -0.2) is 4.98 Å². The van der Waals surface area contributed by atoms with E-state index in [-0.39, 0.29) is 0 Å². The summed E-state index contributed by atoms with van der Waals surface area (Å²) in [6, 6.07) is 1.87. The average molecular weight is 215 g/mol. The monoisotopic (exact) mass is 214 g/mol. The Bertz CT molecular complexity index is 291. The minimum absolute atomic E-state index is 0.576.